The van der Waals surface area contributed by atoms with E-state index in [9.17, 15) is 4.79 Å². The molecule has 0 radical (unpaired) electrons. The second-order valence-electron chi connectivity index (χ2n) is 5.43. The predicted molar refractivity (Wildman–Crippen MR) is 92.3 cm³/mol. The number of hydrogen-bond acceptors (Lipinski definition) is 4. The van der Waals surface area contributed by atoms with Crippen LogP contribution < -0.4 is 15.4 Å². The molecule has 1 aromatic heterocycles. The lowest BCUT2D eigenvalue weighted by Gasteiger charge is -2.14. The molecule has 7 heteroatoms. The van der Waals surface area contributed by atoms with Gasteiger partial charge in [-0.3, -0.25) is 4.68 Å². The summed E-state index contributed by atoms with van der Waals surface area (Å²) in [6, 6.07) is 8.98. The Hall–Kier alpha value is -2.54. The summed E-state index contributed by atoms with van der Waals surface area (Å²) in [5, 5.41) is 9.78. The molecule has 2 N–H and O–H groups in total. The van der Waals surface area contributed by atoms with E-state index < -0.39 is 0 Å². The lowest BCUT2D eigenvalue weighted by atomic mass is 10.2. The highest BCUT2D eigenvalue weighted by atomic mass is 16.5. The van der Waals surface area contributed by atoms with E-state index in [1.807, 2.05) is 37.4 Å². The zero-order chi connectivity index (χ0) is 17.2. The number of carbonyl (C=O) groups excluding carboxylic acids is 1. The van der Waals surface area contributed by atoms with Gasteiger partial charge in [0.1, 0.15) is 12.4 Å². The molecular weight excluding hydrogens is 308 g/mol. The van der Waals surface area contributed by atoms with E-state index in [-0.39, 0.29) is 12.1 Å². The first-order valence-electron chi connectivity index (χ1n) is 7.94. The number of aromatic nitrogens is 2. The quantitative estimate of drug-likeness (QED) is 0.740. The predicted octanol–water partition coefficient (Wildman–Crippen LogP) is 2.51. The number of anilines is 1. The molecule has 0 aliphatic rings. The van der Waals surface area contributed by atoms with Crippen molar-refractivity contribution < 1.29 is 14.3 Å². The Morgan fingerprint density at radius 2 is 2.21 bits per heavy atom. The fourth-order valence-corrected chi connectivity index (χ4v) is 2.11. The summed E-state index contributed by atoms with van der Waals surface area (Å²) in [7, 11) is 1.64. The van der Waals surface area contributed by atoms with Crippen molar-refractivity contribution in [3.05, 3.63) is 42.7 Å². The van der Waals surface area contributed by atoms with E-state index in [1.54, 1.807) is 24.1 Å². The van der Waals surface area contributed by atoms with Crippen molar-refractivity contribution in [2.24, 2.45) is 0 Å². The number of amides is 2. The number of hydrogen-bond donors (Lipinski definition) is 2. The standard InChI is InChI=1S/C17H24N4O3/c1-14(7-11-23-2)19-17(22)20-15-5-3-6-16(13-15)24-12-10-21-9-4-8-18-21/h3-6,8-9,13-14H,7,10-12H2,1-2H3,(H2,19,20,22). The van der Waals surface area contributed by atoms with Gasteiger partial charge in [0.15, 0.2) is 0 Å². The minimum Gasteiger partial charge on any atom is -0.492 e. The van der Waals surface area contributed by atoms with Crippen LogP contribution in [0, 0.1) is 0 Å². The second-order valence-corrected chi connectivity index (χ2v) is 5.43. The van der Waals surface area contributed by atoms with Gasteiger partial charge in [-0.2, -0.15) is 5.10 Å². The molecule has 24 heavy (non-hydrogen) atoms. The van der Waals surface area contributed by atoms with Crippen LogP contribution in [0.4, 0.5) is 10.5 Å². The molecule has 0 saturated carbocycles. The highest BCUT2D eigenvalue weighted by molar-refractivity contribution is 5.89. The van der Waals surface area contributed by atoms with E-state index in [4.69, 9.17) is 9.47 Å². The first kappa shape index (κ1) is 17.8. The van der Waals surface area contributed by atoms with E-state index in [1.165, 1.54) is 0 Å². The monoisotopic (exact) mass is 332 g/mol. The SMILES string of the molecule is COCCC(C)NC(=O)Nc1cccc(OCCn2cccn2)c1. The van der Waals surface area contributed by atoms with E-state index in [0.29, 0.717) is 31.2 Å². The molecule has 1 aromatic carbocycles. The molecule has 0 saturated heterocycles. The third-order valence-corrected chi connectivity index (χ3v) is 3.37. The van der Waals surface area contributed by atoms with Gasteiger partial charge in [0.2, 0.25) is 0 Å². The molecule has 1 heterocycles. The molecule has 0 fully saturated rings. The Morgan fingerprint density at radius 3 is 2.96 bits per heavy atom. The first-order valence-corrected chi connectivity index (χ1v) is 7.94. The lowest BCUT2D eigenvalue weighted by molar-refractivity contribution is 0.185. The zero-order valence-corrected chi connectivity index (χ0v) is 14.1. The van der Waals surface area contributed by atoms with Crippen LogP contribution in [0.3, 0.4) is 0 Å². The average molecular weight is 332 g/mol. The maximum atomic E-state index is 12.0. The smallest absolute Gasteiger partial charge is 0.319 e. The molecule has 7 nitrogen and oxygen atoms in total. The molecule has 2 aromatic rings. The Balaban J connectivity index is 1.77. The second kappa shape index (κ2) is 9.57. The number of benzene rings is 1. The normalized spacial score (nSPS) is 11.8. The number of rotatable bonds is 9. The molecule has 2 rings (SSSR count). The van der Waals surface area contributed by atoms with Gasteiger partial charge in [-0.05, 0) is 31.5 Å². The minimum atomic E-state index is -0.243. The maximum absolute atomic E-state index is 12.0. The number of ether oxygens (including phenoxy) is 2. The summed E-state index contributed by atoms with van der Waals surface area (Å²) in [5.41, 5.74) is 0.683. The Bertz CT molecular complexity index is 616. The van der Waals surface area contributed by atoms with Crippen LogP contribution in [0.25, 0.3) is 0 Å². The molecular formula is C17H24N4O3. The summed E-state index contributed by atoms with van der Waals surface area (Å²) in [6.45, 7) is 3.72. The van der Waals surface area contributed by atoms with Gasteiger partial charge in [0.25, 0.3) is 0 Å². The summed E-state index contributed by atoms with van der Waals surface area (Å²) < 4.78 is 12.5. The Morgan fingerprint density at radius 1 is 1.33 bits per heavy atom. The number of nitrogens with one attached hydrogen (secondary N) is 2. The van der Waals surface area contributed by atoms with Gasteiger partial charge in [-0.25, -0.2) is 4.79 Å². The molecule has 1 unspecified atom stereocenters. The van der Waals surface area contributed by atoms with Gasteiger partial charge in [-0.15, -0.1) is 0 Å². The van der Waals surface area contributed by atoms with E-state index >= 15 is 0 Å². The molecule has 0 spiro atoms. The summed E-state index contributed by atoms with van der Waals surface area (Å²) >= 11 is 0. The lowest BCUT2D eigenvalue weighted by Crippen LogP contribution is -2.36. The first-order chi connectivity index (χ1) is 11.7. The maximum Gasteiger partial charge on any atom is 0.319 e. The molecule has 130 valence electrons. The molecule has 1 atom stereocenters. The highest BCUT2D eigenvalue weighted by Gasteiger charge is 2.07. The zero-order valence-electron chi connectivity index (χ0n) is 14.1. The number of urea groups is 1. The van der Waals surface area contributed by atoms with Gasteiger partial charge >= 0.3 is 6.03 Å². The molecule has 0 aliphatic carbocycles. The van der Waals surface area contributed by atoms with E-state index in [2.05, 4.69) is 15.7 Å². The molecule has 0 aliphatic heterocycles. The average Bonchev–Trinajstić information content (AvgIpc) is 3.06. The highest BCUT2D eigenvalue weighted by Crippen LogP contribution is 2.17. The van der Waals surface area contributed by atoms with Crippen LogP contribution in [0.5, 0.6) is 5.75 Å². The Kier molecular flexibility index (Phi) is 7.10. The van der Waals surface area contributed by atoms with Gasteiger partial charge in [0.05, 0.1) is 6.54 Å². The van der Waals surface area contributed by atoms with Crippen LogP contribution in [-0.2, 0) is 11.3 Å². The summed E-state index contributed by atoms with van der Waals surface area (Å²) in [5.74, 6) is 0.701. The van der Waals surface area contributed by atoms with Crippen molar-refractivity contribution >= 4 is 11.7 Å². The fourth-order valence-electron chi connectivity index (χ4n) is 2.11. The van der Waals surface area contributed by atoms with Gasteiger partial charge in [-0.1, -0.05) is 6.07 Å². The molecule has 0 bridgehead atoms. The van der Waals surface area contributed by atoms with Crippen molar-refractivity contribution in [2.45, 2.75) is 25.9 Å². The van der Waals surface area contributed by atoms with E-state index in [0.717, 1.165) is 6.42 Å². The summed E-state index contributed by atoms with van der Waals surface area (Å²) in [4.78, 5) is 12.0. The van der Waals surface area contributed by atoms with Crippen molar-refractivity contribution in [3.8, 4) is 5.75 Å². The van der Waals surface area contributed by atoms with Crippen molar-refractivity contribution in [1.29, 1.82) is 0 Å². The van der Waals surface area contributed by atoms with Crippen molar-refractivity contribution in [1.82, 2.24) is 15.1 Å². The van der Waals surface area contributed by atoms with Crippen LogP contribution in [0.2, 0.25) is 0 Å². The number of carbonyl (C=O) groups is 1. The largest absolute Gasteiger partial charge is 0.492 e. The fraction of sp³-hybridized carbons (Fsp3) is 0.412. The van der Waals surface area contributed by atoms with Gasteiger partial charge in [0, 0.05) is 43.9 Å². The minimum absolute atomic E-state index is 0.0402. The van der Waals surface area contributed by atoms with Crippen molar-refractivity contribution in [2.75, 3.05) is 25.6 Å². The van der Waals surface area contributed by atoms with Crippen LogP contribution in [-0.4, -0.2) is 42.2 Å². The van der Waals surface area contributed by atoms with Crippen LogP contribution >= 0.6 is 0 Å². The van der Waals surface area contributed by atoms with Crippen molar-refractivity contribution in [3.63, 3.8) is 0 Å². The molecule has 2 amide bonds. The summed E-state index contributed by atoms with van der Waals surface area (Å²) in [6.07, 6.45) is 4.38. The third-order valence-electron chi connectivity index (χ3n) is 3.37. The Labute approximate surface area is 142 Å². The van der Waals surface area contributed by atoms with Crippen LogP contribution in [0.15, 0.2) is 42.7 Å². The number of nitrogens with zero attached hydrogens (tertiary/aromatic N) is 2. The van der Waals surface area contributed by atoms with Gasteiger partial charge < -0.3 is 20.1 Å². The number of methoxy groups -OCH3 is 1. The third kappa shape index (κ3) is 6.29. The van der Waals surface area contributed by atoms with Crippen LogP contribution in [0.1, 0.15) is 13.3 Å². The topological polar surface area (TPSA) is 77.4 Å².